The molecule has 3 atom stereocenters. The van der Waals surface area contributed by atoms with E-state index in [9.17, 15) is 4.79 Å². The van der Waals surface area contributed by atoms with Crippen LogP contribution < -0.4 is 13.2 Å². The maximum atomic E-state index is 14.0. The summed E-state index contributed by atoms with van der Waals surface area (Å²) >= 11 is -3.69. The van der Waals surface area contributed by atoms with Crippen LogP contribution in [0.5, 0.6) is 0 Å². The zero-order valence-corrected chi connectivity index (χ0v) is 21.8. The third-order valence-corrected chi connectivity index (χ3v) is 16.6. The van der Waals surface area contributed by atoms with Crippen molar-refractivity contribution < 1.29 is 8.56 Å². The van der Waals surface area contributed by atoms with Gasteiger partial charge in [-0.3, -0.25) is 0 Å². The first-order chi connectivity index (χ1) is 16.1. The summed E-state index contributed by atoms with van der Waals surface area (Å²) < 4.78 is 11.6. The molecule has 2 nitrogen and oxygen atoms in total. The minimum absolute atomic E-state index is 0.274. The molecule has 3 aromatic rings. The monoisotopic (exact) mass is 500 g/mol. The second kappa shape index (κ2) is 9.23. The van der Waals surface area contributed by atoms with Crippen LogP contribution in [0.25, 0.3) is 0 Å². The molecule has 5 rings (SSSR count). The number of fused-ring (bicyclic) bond motifs is 1. The Morgan fingerprint density at radius 2 is 1.24 bits per heavy atom. The molecule has 0 heterocycles. The maximum absolute atomic E-state index is 14.0. The fraction of sp³-hybridized carbons (Fsp3) is 0.367. The van der Waals surface area contributed by atoms with Crippen LogP contribution >= 0.6 is 0 Å². The Bertz CT molecular complexity index is 983. The Hall–Kier alpha value is -2.17. The van der Waals surface area contributed by atoms with Crippen molar-refractivity contribution in [2.75, 3.05) is 0 Å². The SMILES string of the molecule is CC(C)C1CC[C@@H]2CCCC(=O)[C@]12[O][Ge]([c]1ccccc1)([c]1ccccc1)[c]1ccccc1. The summed E-state index contributed by atoms with van der Waals surface area (Å²) in [7, 11) is 0. The van der Waals surface area contributed by atoms with E-state index in [1.165, 1.54) is 13.2 Å². The van der Waals surface area contributed by atoms with Gasteiger partial charge >= 0.3 is 201 Å². The van der Waals surface area contributed by atoms with Crippen molar-refractivity contribution in [1.29, 1.82) is 0 Å². The normalized spacial score (nSPS) is 25.2. The molecule has 0 aromatic heterocycles. The first kappa shape index (κ1) is 22.6. The molecule has 33 heavy (non-hydrogen) atoms. The van der Waals surface area contributed by atoms with Crippen LogP contribution in [0.4, 0.5) is 0 Å². The van der Waals surface area contributed by atoms with E-state index in [0.717, 1.165) is 25.7 Å². The zero-order valence-electron chi connectivity index (χ0n) is 19.7. The van der Waals surface area contributed by atoms with Gasteiger partial charge in [0, 0.05) is 0 Å². The minimum atomic E-state index is -3.69. The second-order valence-electron chi connectivity index (χ2n) is 10.1. The molecule has 1 unspecified atom stereocenters. The first-order valence-electron chi connectivity index (χ1n) is 12.5. The van der Waals surface area contributed by atoms with Gasteiger partial charge < -0.3 is 0 Å². The van der Waals surface area contributed by atoms with Crippen molar-refractivity contribution in [1.82, 2.24) is 0 Å². The quantitative estimate of drug-likeness (QED) is 0.454. The number of rotatable bonds is 6. The summed E-state index contributed by atoms with van der Waals surface area (Å²) in [4.78, 5) is 14.0. The van der Waals surface area contributed by atoms with Crippen LogP contribution in [-0.4, -0.2) is 25.0 Å². The molecule has 0 amide bonds. The van der Waals surface area contributed by atoms with Crippen molar-refractivity contribution >= 4 is 32.6 Å². The van der Waals surface area contributed by atoms with Crippen LogP contribution in [-0.2, 0) is 8.56 Å². The third-order valence-electron chi connectivity index (χ3n) is 8.04. The summed E-state index contributed by atoms with van der Waals surface area (Å²) in [5.41, 5.74) is -0.673. The van der Waals surface area contributed by atoms with E-state index in [2.05, 4.69) is 105 Å². The van der Waals surface area contributed by atoms with Gasteiger partial charge in [-0.1, -0.05) is 0 Å². The molecular weight excluding hydrogens is 465 g/mol. The van der Waals surface area contributed by atoms with Gasteiger partial charge in [0.05, 0.1) is 0 Å². The Kier molecular flexibility index (Phi) is 6.33. The number of carbonyl (C=O) groups is 1. The number of ketones is 1. The Morgan fingerprint density at radius 1 is 0.758 bits per heavy atom. The van der Waals surface area contributed by atoms with Crippen LogP contribution in [0.1, 0.15) is 46.0 Å². The van der Waals surface area contributed by atoms with Crippen molar-refractivity contribution in [3.8, 4) is 0 Å². The standard InChI is InChI=1S/C30H34GeO2/c1-23(2)28-22-21-24-13-12-20-29(32)30(24,28)33-31(25-14-6-3-7-15-25,26-16-8-4-9-17-26)27-18-10-5-11-19-27/h3-11,14-19,23-24,28H,12-13,20-22H2,1-2H3/t24-,28?,30+/m0/s1. The molecule has 0 radical (unpaired) electrons. The molecule has 0 bridgehead atoms. The molecule has 0 aliphatic heterocycles. The second-order valence-corrected chi connectivity index (χ2v) is 17.0. The molecule has 2 saturated carbocycles. The van der Waals surface area contributed by atoms with Gasteiger partial charge in [0.25, 0.3) is 0 Å². The molecule has 0 N–H and O–H groups in total. The third kappa shape index (κ3) is 3.72. The average Bonchev–Trinajstić information content (AvgIpc) is 3.25. The number of benzene rings is 3. The van der Waals surface area contributed by atoms with Crippen LogP contribution in [0.2, 0.25) is 0 Å². The van der Waals surface area contributed by atoms with Crippen LogP contribution in [0.3, 0.4) is 0 Å². The topological polar surface area (TPSA) is 26.3 Å². The first-order valence-corrected chi connectivity index (χ1v) is 16.5. The summed E-state index contributed by atoms with van der Waals surface area (Å²) in [6, 6.07) is 32.4. The van der Waals surface area contributed by atoms with Crippen molar-refractivity contribution in [2.24, 2.45) is 17.8 Å². The molecule has 3 heteroatoms. The summed E-state index contributed by atoms with van der Waals surface area (Å²) in [6.07, 6.45) is 4.94. The molecule has 0 spiro atoms. The molecule has 2 fully saturated rings. The number of hydrogen-bond acceptors (Lipinski definition) is 2. The van der Waals surface area contributed by atoms with Crippen LogP contribution in [0.15, 0.2) is 91.0 Å². The zero-order chi connectivity index (χ0) is 22.9. The van der Waals surface area contributed by atoms with Gasteiger partial charge in [0.2, 0.25) is 0 Å². The van der Waals surface area contributed by atoms with Gasteiger partial charge in [0.1, 0.15) is 0 Å². The van der Waals surface area contributed by atoms with E-state index in [4.69, 9.17) is 3.76 Å². The average molecular weight is 499 g/mol. The molecule has 170 valence electrons. The van der Waals surface area contributed by atoms with Crippen LogP contribution in [0, 0.1) is 17.8 Å². The molecule has 3 aromatic carbocycles. The van der Waals surface area contributed by atoms with Crippen molar-refractivity contribution in [2.45, 2.75) is 51.6 Å². The van der Waals surface area contributed by atoms with Gasteiger partial charge in [-0.2, -0.15) is 0 Å². The summed E-state index contributed by atoms with van der Waals surface area (Å²) in [5.74, 6) is 1.37. The van der Waals surface area contributed by atoms with E-state index in [1.807, 2.05) is 0 Å². The van der Waals surface area contributed by atoms with Gasteiger partial charge in [-0.25, -0.2) is 0 Å². The molecule has 2 aliphatic carbocycles. The number of Topliss-reactive ketones (excluding diaryl/α,β-unsaturated/α-hetero) is 1. The Labute approximate surface area is 201 Å². The number of hydrogen-bond donors (Lipinski definition) is 0. The predicted octanol–water partition coefficient (Wildman–Crippen LogP) is 4.84. The fourth-order valence-corrected chi connectivity index (χ4v) is 15.6. The van der Waals surface area contributed by atoms with Gasteiger partial charge in [-0.15, -0.1) is 0 Å². The van der Waals surface area contributed by atoms with E-state index < -0.39 is 19.2 Å². The summed E-state index contributed by atoms with van der Waals surface area (Å²) in [5, 5.41) is 0. The van der Waals surface area contributed by atoms with E-state index in [-0.39, 0.29) is 5.92 Å². The van der Waals surface area contributed by atoms with E-state index in [0.29, 0.717) is 24.0 Å². The number of carbonyl (C=O) groups excluding carboxylic acids is 1. The predicted molar refractivity (Wildman–Crippen MR) is 138 cm³/mol. The summed E-state index contributed by atoms with van der Waals surface area (Å²) in [6.45, 7) is 4.56. The molecular formula is C30H34GeO2. The van der Waals surface area contributed by atoms with Crippen molar-refractivity contribution in [3.63, 3.8) is 0 Å². The Balaban J connectivity index is 1.80. The molecule has 2 aliphatic rings. The Morgan fingerprint density at radius 3 is 1.70 bits per heavy atom. The van der Waals surface area contributed by atoms with Crippen molar-refractivity contribution in [3.05, 3.63) is 91.0 Å². The van der Waals surface area contributed by atoms with Gasteiger partial charge in [-0.05, 0) is 0 Å². The van der Waals surface area contributed by atoms with Gasteiger partial charge in [0.15, 0.2) is 0 Å². The van der Waals surface area contributed by atoms with E-state index >= 15 is 0 Å². The van der Waals surface area contributed by atoms with E-state index in [1.54, 1.807) is 0 Å². The molecule has 0 saturated heterocycles. The fourth-order valence-electron chi connectivity index (χ4n) is 6.60.